The van der Waals surface area contributed by atoms with Gasteiger partial charge in [-0.25, -0.2) is 9.78 Å². The van der Waals surface area contributed by atoms with Crippen molar-refractivity contribution in [2.75, 3.05) is 13.1 Å². The fraction of sp³-hybridized carbons (Fsp3) is 0.658. The number of unbranched alkanes of at least 4 members (excludes halogenated alkanes) is 6. The minimum Gasteiger partial charge on any atom is -0.444 e. The molecule has 1 saturated heterocycles. The Morgan fingerprint density at radius 2 is 1.58 bits per heavy atom. The maximum Gasteiger partial charge on any atom is 0.407 e. The molecule has 3 rings (SSSR count). The van der Waals surface area contributed by atoms with Gasteiger partial charge in [0.05, 0.1) is 28.2 Å². The highest BCUT2D eigenvalue weighted by Gasteiger charge is 2.44. The zero-order chi connectivity index (χ0) is 37.1. The standard InChI is InChI=1S/C38H59N5O6S/c1-25(27-17-19-28(20-18-27)32-26(2)40-24-50-32)41-34(46)30-22-29(44)23-43(30)35(47)33(37(3,4)5)42-31(45)16-14-12-10-9-11-13-15-21-39-36(48)49-38(6,7)8/h17-20,24-25,29-30,33,44H,9-16,21-23H2,1-8H3,(H,39,48)(H,41,46)(H,42,45)/t25-,29+,30-,33+/m0/s1. The van der Waals surface area contributed by atoms with Crippen LogP contribution in [0, 0.1) is 12.3 Å². The second-order valence-electron chi connectivity index (χ2n) is 15.5. The number of nitrogens with zero attached hydrogens (tertiary/aromatic N) is 2. The Labute approximate surface area is 302 Å². The van der Waals surface area contributed by atoms with Gasteiger partial charge in [0.25, 0.3) is 0 Å². The van der Waals surface area contributed by atoms with Crippen molar-refractivity contribution in [2.24, 2.45) is 5.41 Å². The number of likely N-dealkylation sites (tertiary alicyclic amines) is 1. The Balaban J connectivity index is 1.44. The molecule has 1 aliphatic heterocycles. The van der Waals surface area contributed by atoms with E-state index in [1.54, 1.807) is 11.3 Å². The van der Waals surface area contributed by atoms with Gasteiger partial charge < -0.3 is 30.7 Å². The molecule has 0 aliphatic carbocycles. The first kappa shape index (κ1) is 40.9. The number of alkyl carbamates (subject to hydrolysis) is 1. The summed E-state index contributed by atoms with van der Waals surface area (Å²) in [5.74, 6) is -0.887. The number of thiazole rings is 1. The molecule has 0 spiro atoms. The molecule has 1 aliphatic rings. The maximum atomic E-state index is 13.9. The molecule has 2 heterocycles. The van der Waals surface area contributed by atoms with Crippen LogP contribution in [0.3, 0.4) is 0 Å². The van der Waals surface area contributed by atoms with E-state index >= 15 is 0 Å². The van der Waals surface area contributed by atoms with Crippen LogP contribution < -0.4 is 16.0 Å². The molecular weight excluding hydrogens is 655 g/mol. The van der Waals surface area contributed by atoms with E-state index in [-0.39, 0.29) is 42.8 Å². The predicted octanol–water partition coefficient (Wildman–Crippen LogP) is 6.43. The van der Waals surface area contributed by atoms with Crippen molar-refractivity contribution in [3.63, 3.8) is 0 Å². The third-order valence-electron chi connectivity index (χ3n) is 8.81. The van der Waals surface area contributed by atoms with Gasteiger partial charge in [-0.2, -0.15) is 0 Å². The van der Waals surface area contributed by atoms with Gasteiger partial charge in [0.2, 0.25) is 17.7 Å². The Morgan fingerprint density at radius 1 is 0.960 bits per heavy atom. The molecule has 0 saturated carbocycles. The minimum atomic E-state index is -0.843. The number of ether oxygens (including phenoxy) is 1. The zero-order valence-corrected chi connectivity index (χ0v) is 32.1. The fourth-order valence-corrected chi connectivity index (χ4v) is 6.86. The van der Waals surface area contributed by atoms with E-state index in [0.717, 1.165) is 60.2 Å². The Morgan fingerprint density at radius 3 is 2.16 bits per heavy atom. The van der Waals surface area contributed by atoms with Crippen LogP contribution in [0.4, 0.5) is 4.79 Å². The molecule has 278 valence electrons. The maximum absolute atomic E-state index is 13.9. The smallest absolute Gasteiger partial charge is 0.407 e. The van der Waals surface area contributed by atoms with Crippen LogP contribution in [0.2, 0.25) is 0 Å². The highest BCUT2D eigenvalue weighted by molar-refractivity contribution is 7.13. The molecule has 12 heteroatoms. The second-order valence-corrected chi connectivity index (χ2v) is 16.4. The van der Waals surface area contributed by atoms with Crippen LogP contribution in [-0.4, -0.2) is 75.7 Å². The third-order valence-corrected chi connectivity index (χ3v) is 9.79. The molecule has 4 atom stereocenters. The number of β-amino-alcohol motifs (C(OH)–C–C–N with tert-alkyl or cyclic N) is 1. The summed E-state index contributed by atoms with van der Waals surface area (Å²) in [6.45, 7) is 15.7. The molecule has 0 radical (unpaired) electrons. The van der Waals surface area contributed by atoms with E-state index in [9.17, 15) is 24.3 Å². The summed E-state index contributed by atoms with van der Waals surface area (Å²) in [6, 6.07) is 5.99. The van der Waals surface area contributed by atoms with E-state index < -0.39 is 29.2 Å². The monoisotopic (exact) mass is 713 g/mol. The van der Waals surface area contributed by atoms with Crippen molar-refractivity contribution in [3.05, 3.63) is 41.0 Å². The summed E-state index contributed by atoms with van der Waals surface area (Å²) in [5.41, 5.74) is 3.68. The summed E-state index contributed by atoms with van der Waals surface area (Å²) >= 11 is 1.59. The second kappa shape index (κ2) is 18.6. The van der Waals surface area contributed by atoms with Gasteiger partial charge in [0, 0.05) is 25.9 Å². The highest BCUT2D eigenvalue weighted by atomic mass is 32.1. The number of aryl methyl sites for hydroxylation is 1. The molecule has 0 unspecified atom stereocenters. The van der Waals surface area contributed by atoms with E-state index in [2.05, 4.69) is 20.9 Å². The summed E-state index contributed by atoms with van der Waals surface area (Å²) in [6.07, 6.45) is 5.86. The normalized spacial score (nSPS) is 17.6. The van der Waals surface area contributed by atoms with Crippen LogP contribution >= 0.6 is 11.3 Å². The van der Waals surface area contributed by atoms with Crippen LogP contribution in [-0.2, 0) is 19.1 Å². The lowest BCUT2D eigenvalue weighted by Crippen LogP contribution is -2.57. The summed E-state index contributed by atoms with van der Waals surface area (Å²) in [4.78, 5) is 59.0. The average Bonchev–Trinajstić information content (AvgIpc) is 3.64. The number of aliphatic hydroxyl groups excluding tert-OH is 1. The van der Waals surface area contributed by atoms with Gasteiger partial charge in [-0.15, -0.1) is 11.3 Å². The van der Waals surface area contributed by atoms with Gasteiger partial charge in [0.15, 0.2) is 0 Å². The van der Waals surface area contributed by atoms with Crippen LogP contribution in [0.1, 0.15) is 124 Å². The summed E-state index contributed by atoms with van der Waals surface area (Å²) < 4.78 is 5.24. The van der Waals surface area contributed by atoms with Crippen molar-refractivity contribution in [1.29, 1.82) is 0 Å². The van der Waals surface area contributed by atoms with E-state index in [0.29, 0.717) is 19.4 Å². The molecular formula is C38H59N5O6S. The SMILES string of the molecule is Cc1ncsc1-c1ccc([C@H](C)NC(=O)[C@@H]2C[C@@H](O)CN2C(=O)[C@@H](NC(=O)CCCCCCCCCNC(=O)OC(C)(C)C)C(C)(C)C)cc1. The Bertz CT molecular complexity index is 1410. The third kappa shape index (κ3) is 13.0. The van der Waals surface area contributed by atoms with E-state index in [4.69, 9.17) is 4.74 Å². The highest BCUT2D eigenvalue weighted by Crippen LogP contribution is 2.29. The predicted molar refractivity (Wildman–Crippen MR) is 198 cm³/mol. The molecule has 1 fully saturated rings. The largest absolute Gasteiger partial charge is 0.444 e. The van der Waals surface area contributed by atoms with Gasteiger partial charge in [-0.05, 0) is 64.0 Å². The fourth-order valence-electron chi connectivity index (χ4n) is 6.05. The van der Waals surface area contributed by atoms with Gasteiger partial charge in [-0.3, -0.25) is 14.4 Å². The number of hydrogen-bond donors (Lipinski definition) is 4. The first-order chi connectivity index (χ1) is 23.5. The lowest BCUT2D eigenvalue weighted by molar-refractivity contribution is -0.144. The van der Waals surface area contributed by atoms with Crippen molar-refractivity contribution in [2.45, 2.75) is 143 Å². The quantitative estimate of drug-likeness (QED) is 0.146. The number of aliphatic hydroxyl groups is 1. The lowest BCUT2D eigenvalue weighted by atomic mass is 9.85. The van der Waals surface area contributed by atoms with E-state index in [1.807, 2.05) is 85.2 Å². The molecule has 50 heavy (non-hydrogen) atoms. The molecule has 0 bridgehead atoms. The Hall–Kier alpha value is -3.51. The zero-order valence-electron chi connectivity index (χ0n) is 31.3. The lowest BCUT2D eigenvalue weighted by Gasteiger charge is -2.35. The molecule has 1 aromatic carbocycles. The van der Waals surface area contributed by atoms with Crippen molar-refractivity contribution in [1.82, 2.24) is 25.8 Å². The van der Waals surface area contributed by atoms with Crippen molar-refractivity contribution >= 4 is 35.2 Å². The number of carbonyl (C=O) groups is 4. The molecule has 2 aromatic rings. The summed E-state index contributed by atoms with van der Waals surface area (Å²) in [7, 11) is 0. The summed E-state index contributed by atoms with van der Waals surface area (Å²) in [5, 5.41) is 19.3. The number of rotatable bonds is 16. The molecule has 1 aromatic heterocycles. The molecule has 4 amide bonds. The van der Waals surface area contributed by atoms with Crippen LogP contribution in [0.15, 0.2) is 29.8 Å². The number of carbonyl (C=O) groups excluding carboxylic acids is 4. The number of nitrogens with one attached hydrogen (secondary N) is 3. The molecule has 4 N–H and O–H groups in total. The first-order valence-corrected chi connectivity index (χ1v) is 18.9. The molecule has 11 nitrogen and oxygen atoms in total. The van der Waals surface area contributed by atoms with Gasteiger partial charge in [-0.1, -0.05) is 77.1 Å². The number of hydrogen-bond acceptors (Lipinski definition) is 8. The van der Waals surface area contributed by atoms with E-state index in [1.165, 1.54) is 4.90 Å². The number of amides is 4. The van der Waals surface area contributed by atoms with Crippen LogP contribution in [0.5, 0.6) is 0 Å². The van der Waals surface area contributed by atoms with Gasteiger partial charge in [0.1, 0.15) is 17.7 Å². The van der Waals surface area contributed by atoms with Crippen molar-refractivity contribution in [3.8, 4) is 10.4 Å². The first-order valence-electron chi connectivity index (χ1n) is 18.0. The average molecular weight is 714 g/mol. The Kier molecular flexibility index (Phi) is 15.3. The topological polar surface area (TPSA) is 150 Å². The van der Waals surface area contributed by atoms with Gasteiger partial charge >= 0.3 is 6.09 Å². The van der Waals surface area contributed by atoms with Crippen LogP contribution in [0.25, 0.3) is 10.4 Å². The van der Waals surface area contributed by atoms with Crippen molar-refractivity contribution < 1.29 is 29.0 Å². The number of benzene rings is 1. The minimum absolute atomic E-state index is 0.0354. The number of aromatic nitrogens is 1.